The molecule has 4 aromatic heterocycles. The van der Waals surface area contributed by atoms with Crippen molar-refractivity contribution in [3.05, 3.63) is 74.9 Å². The number of aryl methyl sites for hydroxylation is 1. The number of carbonyl (C=O) groups excluding carboxylic acids is 2. The Morgan fingerprint density at radius 1 is 1.10 bits per heavy atom. The molecule has 0 radical (unpaired) electrons. The number of nitrogens with zero attached hydrogens (tertiary/aromatic N) is 5. The highest BCUT2D eigenvalue weighted by molar-refractivity contribution is 7.16. The van der Waals surface area contributed by atoms with Gasteiger partial charge in [0, 0.05) is 23.0 Å². The minimum atomic E-state index is -4.68. The van der Waals surface area contributed by atoms with Gasteiger partial charge < -0.3 is 14.4 Å². The van der Waals surface area contributed by atoms with E-state index in [1.165, 1.54) is 35.7 Å². The third-order valence-corrected chi connectivity index (χ3v) is 7.46. The van der Waals surface area contributed by atoms with Crippen molar-refractivity contribution in [2.45, 2.75) is 33.1 Å². The highest BCUT2D eigenvalue weighted by Gasteiger charge is 2.35. The number of ether oxygens (including phenoxy) is 2. The zero-order valence-corrected chi connectivity index (χ0v) is 23.9. The topological polar surface area (TPSA) is 119 Å². The fourth-order valence-electron chi connectivity index (χ4n) is 4.33. The first-order chi connectivity index (χ1) is 20.0. The Morgan fingerprint density at radius 2 is 1.88 bits per heavy atom. The molecule has 5 heterocycles. The number of halogens is 4. The number of methoxy groups -OCH3 is 1. The number of hydrogen-bond donors (Lipinski definition) is 1. The number of pyridine rings is 3. The standard InChI is InChI=1S/C27H22ClF3N6O4S/c1-4-41-24-14(5-6-21(35-24)27(29,30)31)25(39)37-11-18-20(12-37)42-26(34-18)36-23(38)17-9-32-13(2)7-15(17)16-8-22(28)33-10-19(16)40-3/h5-10H,4,11-12H2,1-3H3,(H,34,36,38). The van der Waals surface area contributed by atoms with Gasteiger partial charge in [0.1, 0.15) is 22.2 Å². The highest BCUT2D eigenvalue weighted by Crippen LogP contribution is 2.37. The lowest BCUT2D eigenvalue weighted by Gasteiger charge is -2.18. The summed E-state index contributed by atoms with van der Waals surface area (Å²) in [6, 6.07) is 5.14. The van der Waals surface area contributed by atoms with Crippen molar-refractivity contribution >= 4 is 39.9 Å². The summed E-state index contributed by atoms with van der Waals surface area (Å²) in [4.78, 5) is 45.0. The lowest BCUT2D eigenvalue weighted by Crippen LogP contribution is -2.27. The molecule has 4 aromatic rings. The fraction of sp³-hybridized carbons (Fsp3) is 0.259. The average Bonchev–Trinajstić information content (AvgIpc) is 3.51. The largest absolute Gasteiger partial charge is 0.494 e. The summed E-state index contributed by atoms with van der Waals surface area (Å²) < 4.78 is 50.0. The van der Waals surface area contributed by atoms with Gasteiger partial charge in [-0.25, -0.2) is 15.0 Å². The summed E-state index contributed by atoms with van der Waals surface area (Å²) in [5.41, 5.74) is 1.36. The van der Waals surface area contributed by atoms with Crippen LogP contribution in [0.4, 0.5) is 18.3 Å². The van der Waals surface area contributed by atoms with Crippen molar-refractivity contribution in [3.8, 4) is 22.8 Å². The molecule has 42 heavy (non-hydrogen) atoms. The first kappa shape index (κ1) is 29.2. The Balaban J connectivity index is 1.34. The second kappa shape index (κ2) is 11.5. The smallest absolute Gasteiger partial charge is 0.433 e. The van der Waals surface area contributed by atoms with Crippen LogP contribution in [0.3, 0.4) is 0 Å². The molecular weight excluding hydrogens is 597 g/mol. The molecule has 0 saturated carbocycles. The van der Waals surface area contributed by atoms with Gasteiger partial charge in [-0.2, -0.15) is 13.2 Å². The van der Waals surface area contributed by atoms with Gasteiger partial charge in [0.25, 0.3) is 11.8 Å². The predicted molar refractivity (Wildman–Crippen MR) is 148 cm³/mol. The molecule has 0 aromatic carbocycles. The van der Waals surface area contributed by atoms with Crippen LogP contribution in [0.1, 0.15) is 49.6 Å². The second-order valence-electron chi connectivity index (χ2n) is 9.06. The van der Waals surface area contributed by atoms with E-state index in [-0.39, 0.29) is 41.9 Å². The number of fused-ring (bicyclic) bond motifs is 1. The number of alkyl halides is 3. The summed E-state index contributed by atoms with van der Waals surface area (Å²) in [6.45, 7) is 3.65. The second-order valence-corrected chi connectivity index (χ2v) is 10.5. The van der Waals surface area contributed by atoms with Gasteiger partial charge in [-0.05, 0) is 38.1 Å². The van der Waals surface area contributed by atoms with E-state index in [9.17, 15) is 22.8 Å². The molecule has 15 heteroatoms. The first-order valence-corrected chi connectivity index (χ1v) is 13.6. The van der Waals surface area contributed by atoms with Crippen molar-refractivity contribution in [2.75, 3.05) is 19.0 Å². The molecule has 5 rings (SSSR count). The third-order valence-electron chi connectivity index (χ3n) is 6.25. The molecule has 0 atom stereocenters. The number of nitrogens with one attached hydrogen (secondary N) is 1. The third kappa shape index (κ3) is 5.85. The summed E-state index contributed by atoms with van der Waals surface area (Å²) in [7, 11) is 1.49. The van der Waals surface area contributed by atoms with E-state index in [4.69, 9.17) is 21.1 Å². The molecule has 1 aliphatic heterocycles. The van der Waals surface area contributed by atoms with Crippen LogP contribution < -0.4 is 14.8 Å². The number of anilines is 1. The van der Waals surface area contributed by atoms with E-state index in [1.807, 2.05) is 0 Å². The Bertz CT molecular complexity index is 1670. The van der Waals surface area contributed by atoms with Gasteiger partial charge in [-0.15, -0.1) is 0 Å². The van der Waals surface area contributed by atoms with Gasteiger partial charge in [-0.3, -0.25) is 19.9 Å². The molecule has 0 spiro atoms. The molecule has 0 unspecified atom stereocenters. The zero-order chi connectivity index (χ0) is 30.2. The maximum atomic E-state index is 13.3. The van der Waals surface area contributed by atoms with E-state index in [0.717, 1.165) is 17.0 Å². The van der Waals surface area contributed by atoms with Gasteiger partial charge in [-0.1, -0.05) is 22.9 Å². The number of amides is 2. The first-order valence-electron chi connectivity index (χ1n) is 12.4. The minimum Gasteiger partial charge on any atom is -0.494 e. The van der Waals surface area contributed by atoms with Crippen LogP contribution >= 0.6 is 22.9 Å². The van der Waals surface area contributed by atoms with E-state index >= 15 is 0 Å². The molecule has 0 aliphatic carbocycles. The van der Waals surface area contributed by atoms with Crippen LogP contribution in [0.5, 0.6) is 11.6 Å². The molecule has 2 amide bonds. The molecule has 0 bridgehead atoms. The van der Waals surface area contributed by atoms with Crippen LogP contribution in [0, 0.1) is 6.92 Å². The Hall–Kier alpha value is -4.30. The normalized spacial score (nSPS) is 12.7. The lowest BCUT2D eigenvalue weighted by molar-refractivity contribution is -0.141. The van der Waals surface area contributed by atoms with Crippen molar-refractivity contribution in [2.24, 2.45) is 0 Å². The molecule has 10 nitrogen and oxygen atoms in total. The SMILES string of the molecule is CCOc1nc(C(F)(F)F)ccc1C(=O)N1Cc2nc(NC(=O)c3cnc(C)cc3-c3cc(Cl)ncc3OC)sc2C1. The average molecular weight is 619 g/mol. The summed E-state index contributed by atoms with van der Waals surface area (Å²) in [5.74, 6) is -0.975. The van der Waals surface area contributed by atoms with Crippen molar-refractivity contribution in [1.82, 2.24) is 24.8 Å². The van der Waals surface area contributed by atoms with Crippen LogP contribution in [0.2, 0.25) is 5.15 Å². The molecule has 0 fully saturated rings. The summed E-state index contributed by atoms with van der Waals surface area (Å²) >= 11 is 7.30. The van der Waals surface area contributed by atoms with Crippen molar-refractivity contribution in [3.63, 3.8) is 0 Å². The van der Waals surface area contributed by atoms with E-state index < -0.39 is 23.7 Å². The summed E-state index contributed by atoms with van der Waals surface area (Å²) in [6.07, 6.45) is -1.77. The molecule has 1 aliphatic rings. The number of rotatable bonds is 7. The van der Waals surface area contributed by atoms with Crippen molar-refractivity contribution in [1.29, 1.82) is 0 Å². The van der Waals surface area contributed by atoms with E-state index in [1.54, 1.807) is 26.0 Å². The van der Waals surface area contributed by atoms with Crippen LogP contribution in [0.15, 0.2) is 36.7 Å². The van der Waals surface area contributed by atoms with Gasteiger partial charge in [0.2, 0.25) is 5.88 Å². The van der Waals surface area contributed by atoms with Crippen LogP contribution in [0.25, 0.3) is 11.1 Å². The van der Waals surface area contributed by atoms with Gasteiger partial charge in [0.05, 0.1) is 49.1 Å². The van der Waals surface area contributed by atoms with Gasteiger partial charge >= 0.3 is 6.18 Å². The van der Waals surface area contributed by atoms with E-state index in [0.29, 0.717) is 33.4 Å². The number of hydrogen-bond acceptors (Lipinski definition) is 9. The maximum absolute atomic E-state index is 13.3. The molecule has 218 valence electrons. The highest BCUT2D eigenvalue weighted by atomic mass is 35.5. The zero-order valence-electron chi connectivity index (χ0n) is 22.4. The Morgan fingerprint density at radius 3 is 2.57 bits per heavy atom. The fourth-order valence-corrected chi connectivity index (χ4v) is 5.47. The van der Waals surface area contributed by atoms with Crippen molar-refractivity contribution < 1.29 is 32.2 Å². The number of thiazole rings is 1. The number of carbonyl (C=O) groups is 2. The minimum absolute atomic E-state index is 0.0335. The molecule has 1 N–H and O–H groups in total. The Labute approximate surface area is 246 Å². The quantitative estimate of drug-likeness (QED) is 0.259. The predicted octanol–water partition coefficient (Wildman–Crippen LogP) is 5.79. The lowest BCUT2D eigenvalue weighted by atomic mass is 10.0. The molecular formula is C27H22ClF3N6O4S. The van der Waals surface area contributed by atoms with Gasteiger partial charge in [0.15, 0.2) is 5.13 Å². The Kier molecular flexibility index (Phi) is 8.01. The summed E-state index contributed by atoms with van der Waals surface area (Å²) in [5, 5.41) is 3.33. The number of aromatic nitrogens is 4. The molecule has 0 saturated heterocycles. The monoisotopic (exact) mass is 618 g/mol. The van der Waals surface area contributed by atoms with Crippen LogP contribution in [-0.2, 0) is 19.3 Å². The van der Waals surface area contributed by atoms with Crippen LogP contribution in [-0.4, -0.2) is 50.4 Å². The maximum Gasteiger partial charge on any atom is 0.433 e. The van der Waals surface area contributed by atoms with E-state index in [2.05, 4.69) is 25.3 Å².